The quantitative estimate of drug-likeness (QED) is 0.787. The topological polar surface area (TPSA) is 20.3 Å². The minimum absolute atomic E-state index is 0.328. The van der Waals surface area contributed by atoms with Crippen LogP contribution < -0.4 is 4.90 Å². The van der Waals surface area contributed by atoms with E-state index in [1.165, 1.54) is 0 Å². The number of hydrogen-bond donors (Lipinski definition) is 0. The first-order valence-electron chi connectivity index (χ1n) is 5.59. The first-order valence-corrected chi connectivity index (χ1v) is 6.38. The molecule has 1 aromatic carbocycles. The number of para-hydroxylation sites is 1. The van der Waals surface area contributed by atoms with Gasteiger partial charge in [-0.2, -0.15) is 0 Å². The number of Topliss-reactive ketones (excluding diaryl/α,β-unsaturated/α-hetero) is 1. The molecule has 1 saturated heterocycles. The molecule has 0 amide bonds. The van der Waals surface area contributed by atoms with Gasteiger partial charge in [0.05, 0.1) is 11.2 Å². The van der Waals surface area contributed by atoms with E-state index in [0.717, 1.165) is 23.1 Å². The second kappa shape index (κ2) is 4.21. The Hall–Kier alpha value is -0.830. The highest BCUT2D eigenvalue weighted by Gasteiger charge is 2.37. The number of benzene rings is 1. The summed E-state index contributed by atoms with van der Waals surface area (Å²) in [4.78, 5) is 14.2. The number of anilines is 1. The van der Waals surface area contributed by atoms with Crippen LogP contribution in [0.15, 0.2) is 28.7 Å². The Morgan fingerprint density at radius 2 is 2.00 bits per heavy atom. The van der Waals surface area contributed by atoms with Crippen LogP contribution in [0.1, 0.15) is 26.7 Å². The van der Waals surface area contributed by atoms with E-state index in [9.17, 15) is 4.79 Å². The Morgan fingerprint density at radius 3 is 2.69 bits per heavy atom. The van der Waals surface area contributed by atoms with Crippen molar-refractivity contribution in [2.24, 2.45) is 0 Å². The Kier molecular flexibility index (Phi) is 3.06. The molecular weight excluding hydrogens is 266 g/mol. The van der Waals surface area contributed by atoms with Crippen LogP contribution in [0.2, 0.25) is 0 Å². The average Bonchev–Trinajstić information content (AvgIpc) is 2.24. The summed E-state index contributed by atoms with van der Waals surface area (Å²) in [5.41, 5.74) is 0.725. The number of carbonyl (C=O) groups is 1. The fourth-order valence-corrected chi connectivity index (χ4v) is 2.72. The van der Waals surface area contributed by atoms with E-state index in [2.05, 4.69) is 26.9 Å². The minimum Gasteiger partial charge on any atom is -0.358 e. The maximum absolute atomic E-state index is 12.0. The Morgan fingerprint density at radius 1 is 1.31 bits per heavy atom. The summed E-state index contributed by atoms with van der Waals surface area (Å²) in [5.74, 6) is 0.328. The fourth-order valence-electron chi connectivity index (χ4n) is 2.23. The van der Waals surface area contributed by atoms with E-state index in [1.54, 1.807) is 0 Å². The number of nitrogens with zero attached hydrogens (tertiary/aromatic N) is 1. The molecule has 86 valence electrons. The summed E-state index contributed by atoms with van der Waals surface area (Å²) >= 11 is 3.55. The van der Waals surface area contributed by atoms with Crippen LogP contribution in [0.25, 0.3) is 0 Å². The summed E-state index contributed by atoms with van der Waals surface area (Å²) in [6.45, 7) is 4.96. The molecule has 0 atom stereocenters. The predicted molar refractivity (Wildman–Crippen MR) is 69.8 cm³/mol. The summed E-state index contributed by atoms with van der Waals surface area (Å²) < 4.78 is 1.05. The lowest BCUT2D eigenvalue weighted by atomic mass is 9.88. The molecule has 0 N–H and O–H groups in total. The number of ketones is 1. The monoisotopic (exact) mass is 281 g/mol. The largest absolute Gasteiger partial charge is 0.358 e. The van der Waals surface area contributed by atoms with Gasteiger partial charge in [0.2, 0.25) is 0 Å². The first-order chi connectivity index (χ1) is 7.53. The Labute approximate surface area is 105 Å². The SMILES string of the molecule is CC1(C)C(=O)CCCN1c1ccccc1Br. The first kappa shape index (κ1) is 11.6. The number of halogens is 1. The summed E-state index contributed by atoms with van der Waals surface area (Å²) in [6.07, 6.45) is 1.65. The molecule has 1 heterocycles. The fraction of sp³-hybridized carbons (Fsp3) is 0.462. The smallest absolute Gasteiger partial charge is 0.157 e. The van der Waals surface area contributed by atoms with Gasteiger partial charge in [-0.25, -0.2) is 0 Å². The molecule has 2 nitrogen and oxygen atoms in total. The van der Waals surface area contributed by atoms with Gasteiger partial charge in [-0.3, -0.25) is 4.79 Å². The van der Waals surface area contributed by atoms with Crippen molar-refractivity contribution in [1.82, 2.24) is 0 Å². The van der Waals surface area contributed by atoms with Crippen LogP contribution in [-0.2, 0) is 4.79 Å². The number of carbonyl (C=O) groups excluding carboxylic acids is 1. The molecule has 2 rings (SSSR count). The van der Waals surface area contributed by atoms with E-state index >= 15 is 0 Å². The van der Waals surface area contributed by atoms with Crippen molar-refractivity contribution in [3.05, 3.63) is 28.7 Å². The lowest BCUT2D eigenvalue weighted by Gasteiger charge is -2.43. The van der Waals surface area contributed by atoms with Gasteiger partial charge >= 0.3 is 0 Å². The predicted octanol–water partition coefficient (Wildman–Crippen LogP) is 3.40. The van der Waals surface area contributed by atoms with Gasteiger partial charge in [-0.15, -0.1) is 0 Å². The van der Waals surface area contributed by atoms with Crippen LogP contribution in [0.5, 0.6) is 0 Å². The second-order valence-corrected chi connectivity index (χ2v) is 5.54. The highest BCUT2D eigenvalue weighted by atomic mass is 79.9. The van der Waals surface area contributed by atoms with E-state index in [1.807, 2.05) is 32.0 Å². The molecule has 1 aliphatic heterocycles. The molecule has 0 radical (unpaired) electrons. The summed E-state index contributed by atoms with van der Waals surface area (Å²) in [7, 11) is 0. The third kappa shape index (κ3) is 1.88. The van der Waals surface area contributed by atoms with Crippen molar-refractivity contribution >= 4 is 27.4 Å². The van der Waals surface area contributed by atoms with Gasteiger partial charge in [-0.05, 0) is 48.3 Å². The Bertz CT molecular complexity index is 414. The molecule has 0 bridgehead atoms. The minimum atomic E-state index is -0.387. The van der Waals surface area contributed by atoms with Gasteiger partial charge in [0.15, 0.2) is 5.78 Å². The molecular formula is C13H16BrNO. The normalized spacial score (nSPS) is 19.9. The van der Waals surface area contributed by atoms with Gasteiger partial charge in [0.1, 0.15) is 0 Å². The molecule has 16 heavy (non-hydrogen) atoms. The molecule has 3 heteroatoms. The van der Waals surface area contributed by atoms with Gasteiger partial charge in [-0.1, -0.05) is 12.1 Å². The zero-order valence-electron chi connectivity index (χ0n) is 9.66. The van der Waals surface area contributed by atoms with E-state index in [0.29, 0.717) is 12.2 Å². The lowest BCUT2D eigenvalue weighted by Crippen LogP contribution is -2.54. The molecule has 0 unspecified atom stereocenters. The van der Waals surface area contributed by atoms with E-state index in [-0.39, 0.29) is 5.54 Å². The molecule has 1 aliphatic rings. The average molecular weight is 282 g/mol. The Balaban J connectivity index is 2.40. The van der Waals surface area contributed by atoms with Gasteiger partial charge in [0, 0.05) is 17.4 Å². The van der Waals surface area contributed by atoms with E-state index in [4.69, 9.17) is 0 Å². The van der Waals surface area contributed by atoms with Crippen molar-refractivity contribution in [2.75, 3.05) is 11.4 Å². The van der Waals surface area contributed by atoms with Crippen molar-refractivity contribution in [1.29, 1.82) is 0 Å². The van der Waals surface area contributed by atoms with Crippen molar-refractivity contribution in [3.8, 4) is 0 Å². The number of hydrogen-bond acceptors (Lipinski definition) is 2. The molecule has 0 spiro atoms. The standard InChI is InChI=1S/C13H16BrNO/c1-13(2)12(16)8-5-9-15(13)11-7-4-3-6-10(11)14/h3-4,6-7H,5,8-9H2,1-2H3. The third-order valence-corrected chi connectivity index (χ3v) is 3.96. The maximum atomic E-state index is 12.0. The van der Waals surface area contributed by atoms with Crippen molar-refractivity contribution in [2.45, 2.75) is 32.2 Å². The van der Waals surface area contributed by atoms with Crippen LogP contribution in [-0.4, -0.2) is 17.9 Å². The molecule has 1 aromatic rings. The lowest BCUT2D eigenvalue weighted by molar-refractivity contribution is -0.124. The van der Waals surface area contributed by atoms with Crippen LogP contribution in [0, 0.1) is 0 Å². The second-order valence-electron chi connectivity index (χ2n) is 4.69. The number of rotatable bonds is 1. The van der Waals surface area contributed by atoms with E-state index < -0.39 is 0 Å². The zero-order chi connectivity index (χ0) is 11.8. The van der Waals surface area contributed by atoms with Gasteiger partial charge < -0.3 is 4.90 Å². The molecule has 0 saturated carbocycles. The summed E-state index contributed by atoms with van der Waals surface area (Å²) in [6, 6.07) is 8.08. The summed E-state index contributed by atoms with van der Waals surface area (Å²) in [5, 5.41) is 0. The highest BCUT2D eigenvalue weighted by Crippen LogP contribution is 2.34. The number of piperidine rings is 1. The van der Waals surface area contributed by atoms with Crippen molar-refractivity contribution in [3.63, 3.8) is 0 Å². The van der Waals surface area contributed by atoms with Gasteiger partial charge in [0.25, 0.3) is 0 Å². The molecule has 1 fully saturated rings. The highest BCUT2D eigenvalue weighted by molar-refractivity contribution is 9.10. The molecule has 0 aliphatic carbocycles. The maximum Gasteiger partial charge on any atom is 0.157 e. The zero-order valence-corrected chi connectivity index (χ0v) is 11.3. The molecule has 0 aromatic heterocycles. The van der Waals surface area contributed by atoms with Crippen LogP contribution >= 0.6 is 15.9 Å². The third-order valence-electron chi connectivity index (χ3n) is 3.29. The van der Waals surface area contributed by atoms with Crippen LogP contribution in [0.3, 0.4) is 0 Å². The van der Waals surface area contributed by atoms with Crippen molar-refractivity contribution < 1.29 is 4.79 Å². The van der Waals surface area contributed by atoms with Crippen LogP contribution in [0.4, 0.5) is 5.69 Å².